The van der Waals surface area contributed by atoms with Crippen molar-refractivity contribution in [1.82, 2.24) is 4.90 Å². The zero-order valence-corrected chi connectivity index (χ0v) is 14.8. The van der Waals surface area contributed by atoms with Gasteiger partial charge in [0.05, 0.1) is 12.2 Å². The number of likely N-dealkylation sites (tertiary alicyclic amines) is 1. The van der Waals surface area contributed by atoms with E-state index in [1.54, 1.807) is 6.07 Å². The van der Waals surface area contributed by atoms with E-state index < -0.39 is 5.97 Å². The van der Waals surface area contributed by atoms with Gasteiger partial charge in [-0.3, -0.25) is 4.90 Å². The minimum atomic E-state index is -0.932. The maximum atomic E-state index is 11.5. The molecule has 0 amide bonds. The van der Waals surface area contributed by atoms with E-state index in [1.165, 1.54) is 5.56 Å². The van der Waals surface area contributed by atoms with E-state index >= 15 is 0 Å². The summed E-state index contributed by atoms with van der Waals surface area (Å²) in [5.74, 6) is -0.413. The Morgan fingerprint density at radius 1 is 1.12 bits per heavy atom. The van der Waals surface area contributed by atoms with Crippen LogP contribution in [0.15, 0.2) is 48.5 Å². The molecule has 0 spiro atoms. The molecule has 5 nitrogen and oxygen atoms in total. The number of nitrogens with zero attached hydrogens (tertiary/aromatic N) is 2. The largest absolute Gasteiger partial charge is 0.489 e. The topological polar surface area (TPSA) is 53.0 Å². The molecule has 2 aromatic carbocycles. The van der Waals surface area contributed by atoms with Gasteiger partial charge in [0.1, 0.15) is 12.2 Å². The SMILES string of the molecule is O=C(O)c1cccc2c1OCCN2C1CCCN(Cc2ccccc2)C1. The van der Waals surface area contributed by atoms with Crippen LogP contribution in [0.5, 0.6) is 5.75 Å². The third kappa shape index (κ3) is 3.40. The van der Waals surface area contributed by atoms with Crippen LogP contribution in [-0.2, 0) is 6.54 Å². The molecule has 1 saturated heterocycles. The van der Waals surface area contributed by atoms with Crippen LogP contribution in [0.1, 0.15) is 28.8 Å². The highest BCUT2D eigenvalue weighted by Crippen LogP contribution is 2.37. The number of aromatic carboxylic acids is 1. The molecule has 0 aliphatic carbocycles. The molecule has 2 aromatic rings. The van der Waals surface area contributed by atoms with Crippen LogP contribution < -0.4 is 9.64 Å². The molecule has 0 aromatic heterocycles. The van der Waals surface area contributed by atoms with Crippen LogP contribution in [0, 0.1) is 0 Å². The van der Waals surface area contributed by atoms with E-state index in [0.29, 0.717) is 18.4 Å². The van der Waals surface area contributed by atoms with Gasteiger partial charge in [-0.05, 0) is 37.1 Å². The predicted molar refractivity (Wildman–Crippen MR) is 101 cm³/mol. The van der Waals surface area contributed by atoms with Crippen molar-refractivity contribution in [3.63, 3.8) is 0 Å². The highest BCUT2D eigenvalue weighted by atomic mass is 16.5. The van der Waals surface area contributed by atoms with Crippen molar-refractivity contribution in [1.29, 1.82) is 0 Å². The number of carboxylic acid groups (broad SMARTS) is 1. The summed E-state index contributed by atoms with van der Waals surface area (Å²) >= 11 is 0. The normalized spacial score (nSPS) is 20.3. The molecule has 1 unspecified atom stereocenters. The van der Waals surface area contributed by atoms with Gasteiger partial charge >= 0.3 is 5.97 Å². The third-order valence-electron chi connectivity index (χ3n) is 5.28. The second kappa shape index (κ2) is 7.38. The lowest BCUT2D eigenvalue weighted by Crippen LogP contribution is -2.50. The minimum Gasteiger partial charge on any atom is -0.489 e. The van der Waals surface area contributed by atoms with Gasteiger partial charge in [-0.2, -0.15) is 0 Å². The second-order valence-corrected chi connectivity index (χ2v) is 7.02. The molecule has 4 rings (SSSR count). The molecule has 26 heavy (non-hydrogen) atoms. The summed E-state index contributed by atoms with van der Waals surface area (Å²) < 4.78 is 5.72. The lowest BCUT2D eigenvalue weighted by molar-refractivity contribution is 0.0691. The number of piperidine rings is 1. The zero-order valence-electron chi connectivity index (χ0n) is 14.8. The Bertz CT molecular complexity index is 778. The summed E-state index contributed by atoms with van der Waals surface area (Å²) in [6, 6.07) is 16.4. The zero-order chi connectivity index (χ0) is 17.9. The van der Waals surface area contributed by atoms with Gasteiger partial charge in [-0.15, -0.1) is 0 Å². The van der Waals surface area contributed by atoms with E-state index in [0.717, 1.165) is 44.7 Å². The van der Waals surface area contributed by atoms with Crippen LogP contribution in [0.3, 0.4) is 0 Å². The monoisotopic (exact) mass is 352 g/mol. The molecular formula is C21H24N2O3. The van der Waals surface area contributed by atoms with Gasteiger partial charge in [0.15, 0.2) is 5.75 Å². The Hall–Kier alpha value is -2.53. The highest BCUT2D eigenvalue weighted by molar-refractivity contribution is 5.93. The molecule has 0 bridgehead atoms. The fourth-order valence-corrected chi connectivity index (χ4v) is 4.09. The van der Waals surface area contributed by atoms with Crippen molar-refractivity contribution in [2.75, 3.05) is 31.1 Å². The number of fused-ring (bicyclic) bond motifs is 1. The van der Waals surface area contributed by atoms with Crippen molar-refractivity contribution in [3.8, 4) is 5.75 Å². The number of ether oxygens (including phenoxy) is 1. The number of rotatable bonds is 4. The Morgan fingerprint density at radius 3 is 2.77 bits per heavy atom. The summed E-state index contributed by atoms with van der Waals surface area (Å²) in [5, 5.41) is 9.44. The Kier molecular flexibility index (Phi) is 4.80. The summed E-state index contributed by atoms with van der Waals surface area (Å²) in [6.45, 7) is 4.40. The fourth-order valence-electron chi connectivity index (χ4n) is 4.09. The molecule has 0 saturated carbocycles. The number of anilines is 1. The van der Waals surface area contributed by atoms with Crippen molar-refractivity contribution in [2.45, 2.75) is 25.4 Å². The predicted octanol–water partition coefficient (Wildman–Crippen LogP) is 3.25. The minimum absolute atomic E-state index is 0.254. The first-order valence-corrected chi connectivity index (χ1v) is 9.24. The maximum Gasteiger partial charge on any atom is 0.339 e. The van der Waals surface area contributed by atoms with Gasteiger partial charge in [0.2, 0.25) is 0 Å². The van der Waals surface area contributed by atoms with Crippen LogP contribution in [0.2, 0.25) is 0 Å². The van der Waals surface area contributed by atoms with Gasteiger partial charge in [-0.1, -0.05) is 36.4 Å². The maximum absolute atomic E-state index is 11.5. The molecule has 1 N–H and O–H groups in total. The molecule has 2 heterocycles. The lowest BCUT2D eigenvalue weighted by atomic mass is 10.0. The second-order valence-electron chi connectivity index (χ2n) is 7.02. The number of carboxylic acids is 1. The van der Waals surface area contributed by atoms with Gasteiger partial charge in [-0.25, -0.2) is 4.79 Å². The molecular weight excluding hydrogens is 328 g/mol. The first kappa shape index (κ1) is 16.9. The first-order chi connectivity index (χ1) is 12.7. The standard InChI is InChI=1S/C21H24N2O3/c24-21(25)18-9-4-10-19-20(18)26-13-12-23(19)17-8-5-11-22(15-17)14-16-6-2-1-3-7-16/h1-4,6-7,9-10,17H,5,8,11-15H2,(H,24,25). The van der Waals surface area contributed by atoms with Crippen LogP contribution in [0.4, 0.5) is 5.69 Å². The molecule has 2 aliphatic rings. The average Bonchev–Trinajstić information content (AvgIpc) is 2.68. The molecule has 1 atom stereocenters. The van der Waals surface area contributed by atoms with Gasteiger partial charge in [0.25, 0.3) is 0 Å². The number of benzene rings is 2. The number of hydrogen-bond donors (Lipinski definition) is 1. The van der Waals surface area contributed by atoms with Crippen molar-refractivity contribution in [3.05, 3.63) is 59.7 Å². The van der Waals surface area contributed by atoms with E-state index in [9.17, 15) is 9.90 Å². The first-order valence-electron chi connectivity index (χ1n) is 9.24. The van der Waals surface area contributed by atoms with E-state index in [2.05, 4.69) is 34.1 Å². The number of para-hydroxylation sites is 1. The number of hydrogen-bond acceptors (Lipinski definition) is 4. The lowest BCUT2D eigenvalue weighted by Gasteiger charge is -2.43. The summed E-state index contributed by atoms with van der Waals surface area (Å²) in [4.78, 5) is 16.4. The smallest absolute Gasteiger partial charge is 0.339 e. The quantitative estimate of drug-likeness (QED) is 0.915. The van der Waals surface area contributed by atoms with Crippen LogP contribution in [-0.4, -0.2) is 48.3 Å². The Morgan fingerprint density at radius 2 is 1.96 bits per heavy atom. The van der Waals surface area contributed by atoms with Crippen molar-refractivity contribution in [2.24, 2.45) is 0 Å². The molecule has 136 valence electrons. The molecule has 5 heteroatoms. The number of carbonyl (C=O) groups is 1. The highest BCUT2D eigenvalue weighted by Gasteiger charge is 2.31. The fraction of sp³-hybridized carbons (Fsp3) is 0.381. The molecule has 1 fully saturated rings. The third-order valence-corrected chi connectivity index (χ3v) is 5.28. The van der Waals surface area contributed by atoms with E-state index in [1.807, 2.05) is 18.2 Å². The Balaban J connectivity index is 1.53. The van der Waals surface area contributed by atoms with E-state index in [-0.39, 0.29) is 5.56 Å². The molecule has 2 aliphatic heterocycles. The van der Waals surface area contributed by atoms with Crippen molar-refractivity contribution < 1.29 is 14.6 Å². The van der Waals surface area contributed by atoms with Crippen LogP contribution >= 0.6 is 0 Å². The summed E-state index contributed by atoms with van der Waals surface area (Å²) in [6.07, 6.45) is 2.28. The van der Waals surface area contributed by atoms with Gasteiger partial charge in [0, 0.05) is 19.1 Å². The summed E-state index contributed by atoms with van der Waals surface area (Å²) in [7, 11) is 0. The van der Waals surface area contributed by atoms with Crippen molar-refractivity contribution >= 4 is 11.7 Å². The van der Waals surface area contributed by atoms with E-state index in [4.69, 9.17) is 4.74 Å². The average molecular weight is 352 g/mol. The molecule has 0 radical (unpaired) electrons. The Labute approximate surface area is 153 Å². The summed E-state index contributed by atoms with van der Waals surface area (Å²) in [5.41, 5.74) is 2.51. The van der Waals surface area contributed by atoms with Crippen LogP contribution in [0.25, 0.3) is 0 Å². The van der Waals surface area contributed by atoms with Gasteiger partial charge < -0.3 is 14.7 Å².